The second-order valence-electron chi connectivity index (χ2n) is 5.70. The van der Waals surface area contributed by atoms with Gasteiger partial charge < -0.3 is 4.74 Å². The first kappa shape index (κ1) is 19.8. The van der Waals surface area contributed by atoms with Crippen LogP contribution in [0.5, 0.6) is 5.75 Å². The van der Waals surface area contributed by atoms with E-state index < -0.39 is 12.4 Å². The number of hydrogen-bond donors (Lipinski definition) is 0. The number of hydrogen-bond acceptors (Lipinski definition) is 5. The number of ether oxygens (including phenoxy) is 1. The van der Waals surface area contributed by atoms with Crippen molar-refractivity contribution in [2.45, 2.75) is 18.3 Å². The Balaban J connectivity index is 1.89. The van der Waals surface area contributed by atoms with Crippen molar-refractivity contribution >= 4 is 28.4 Å². The fourth-order valence-electron chi connectivity index (χ4n) is 2.65. The van der Waals surface area contributed by atoms with Gasteiger partial charge in [0.25, 0.3) is 5.56 Å². The first-order valence-electron chi connectivity index (χ1n) is 8.31. The number of nitrogens with zero attached hydrogens (tertiary/aromatic N) is 2. The number of carbonyl (C=O) groups excluding carboxylic acids is 1. The number of fused-ring (bicyclic) bond motifs is 1. The van der Waals surface area contributed by atoms with E-state index in [4.69, 9.17) is 0 Å². The Morgan fingerprint density at radius 2 is 1.93 bits per heavy atom. The fraction of sp³-hybridized carbons (Fsp3) is 0.150. The molecule has 144 valence electrons. The Morgan fingerprint density at radius 3 is 2.68 bits per heavy atom. The average molecular weight is 402 g/mol. The number of allylic oxidation sites excluding steroid dienone is 1. The second kappa shape index (κ2) is 8.79. The van der Waals surface area contributed by atoms with E-state index in [1.165, 1.54) is 22.8 Å². The third-order valence-electron chi connectivity index (χ3n) is 3.87. The molecule has 0 amide bonds. The number of halogens is 2. The van der Waals surface area contributed by atoms with Crippen LogP contribution in [-0.4, -0.2) is 27.7 Å². The summed E-state index contributed by atoms with van der Waals surface area (Å²) in [6.07, 6.45) is 1.56. The molecular weight excluding hydrogens is 386 g/mol. The highest BCUT2D eigenvalue weighted by atomic mass is 32.2. The summed E-state index contributed by atoms with van der Waals surface area (Å²) in [6.45, 7) is 0.857. The number of ketones is 1. The zero-order valence-corrected chi connectivity index (χ0v) is 15.5. The van der Waals surface area contributed by atoms with Gasteiger partial charge in [-0.15, -0.1) is 6.58 Å². The topological polar surface area (TPSA) is 61.2 Å². The highest BCUT2D eigenvalue weighted by molar-refractivity contribution is 7.99. The molecule has 0 fully saturated rings. The molecule has 0 saturated carbocycles. The molecule has 0 aliphatic carbocycles. The molecule has 0 unspecified atom stereocenters. The van der Waals surface area contributed by atoms with E-state index >= 15 is 0 Å². The molecule has 8 heteroatoms. The lowest BCUT2D eigenvalue weighted by Crippen LogP contribution is -2.23. The minimum Gasteiger partial charge on any atom is -0.434 e. The lowest BCUT2D eigenvalue weighted by molar-refractivity contribution is -0.0501. The molecule has 28 heavy (non-hydrogen) atoms. The van der Waals surface area contributed by atoms with E-state index in [9.17, 15) is 18.4 Å². The van der Waals surface area contributed by atoms with Crippen LogP contribution in [0.1, 0.15) is 10.4 Å². The van der Waals surface area contributed by atoms with Gasteiger partial charge in [-0.1, -0.05) is 42.1 Å². The molecule has 0 bridgehead atoms. The molecule has 5 nitrogen and oxygen atoms in total. The molecule has 3 rings (SSSR count). The number of benzene rings is 2. The Morgan fingerprint density at radius 1 is 1.21 bits per heavy atom. The van der Waals surface area contributed by atoms with Gasteiger partial charge in [0.2, 0.25) is 0 Å². The number of rotatable bonds is 8. The van der Waals surface area contributed by atoms with E-state index in [0.717, 1.165) is 11.8 Å². The van der Waals surface area contributed by atoms with E-state index in [2.05, 4.69) is 16.3 Å². The number of para-hydroxylation sites is 2. The predicted octanol–water partition coefficient (Wildman–Crippen LogP) is 4.16. The number of carbonyl (C=O) groups is 1. The maximum atomic E-state index is 12.7. The standard InChI is InChI=1S/C20H16F2N2O3S/c1-2-11-24-18(26)13-7-3-5-9-15(13)23-20(24)28-12-16(25)14-8-4-6-10-17(14)27-19(21)22/h2-10,19H,1,11-12H2. The number of alkyl halides is 2. The van der Waals surface area contributed by atoms with Gasteiger partial charge >= 0.3 is 6.61 Å². The van der Waals surface area contributed by atoms with Crippen molar-refractivity contribution in [3.63, 3.8) is 0 Å². The van der Waals surface area contributed by atoms with Crippen molar-refractivity contribution in [3.05, 3.63) is 77.1 Å². The molecule has 2 aromatic carbocycles. The monoisotopic (exact) mass is 402 g/mol. The van der Waals surface area contributed by atoms with E-state index in [0.29, 0.717) is 16.1 Å². The number of thioether (sulfide) groups is 1. The van der Waals surface area contributed by atoms with Gasteiger partial charge in [0.1, 0.15) is 5.75 Å². The van der Waals surface area contributed by atoms with Crippen LogP contribution in [0.2, 0.25) is 0 Å². The van der Waals surface area contributed by atoms with Crippen LogP contribution in [0.15, 0.2) is 71.1 Å². The maximum absolute atomic E-state index is 12.7. The van der Waals surface area contributed by atoms with Crippen molar-refractivity contribution < 1.29 is 18.3 Å². The fourth-order valence-corrected chi connectivity index (χ4v) is 3.54. The van der Waals surface area contributed by atoms with Gasteiger partial charge in [-0.05, 0) is 24.3 Å². The molecule has 0 N–H and O–H groups in total. The zero-order valence-electron chi connectivity index (χ0n) is 14.7. The lowest BCUT2D eigenvalue weighted by atomic mass is 10.1. The smallest absolute Gasteiger partial charge is 0.387 e. The van der Waals surface area contributed by atoms with Crippen LogP contribution in [0.4, 0.5) is 8.78 Å². The molecule has 3 aromatic rings. The molecule has 1 aromatic heterocycles. The summed E-state index contributed by atoms with van der Waals surface area (Å²) in [5.41, 5.74) is 0.333. The zero-order chi connectivity index (χ0) is 20.1. The number of Topliss-reactive ketones (excluding diaryl/α,β-unsaturated/α-hetero) is 1. The Kier molecular flexibility index (Phi) is 6.20. The third kappa shape index (κ3) is 4.28. The highest BCUT2D eigenvalue weighted by Crippen LogP contribution is 2.24. The van der Waals surface area contributed by atoms with Gasteiger partial charge in [-0.3, -0.25) is 14.2 Å². The normalized spacial score (nSPS) is 11.0. The van der Waals surface area contributed by atoms with Crippen LogP contribution in [-0.2, 0) is 6.54 Å². The summed E-state index contributed by atoms with van der Waals surface area (Å²) in [5, 5.41) is 0.819. The Hall–Kier alpha value is -3.00. The van der Waals surface area contributed by atoms with E-state index in [1.807, 2.05) is 0 Å². The van der Waals surface area contributed by atoms with Gasteiger partial charge in [-0.25, -0.2) is 4.98 Å². The van der Waals surface area contributed by atoms with E-state index in [1.54, 1.807) is 36.4 Å². The summed E-state index contributed by atoms with van der Waals surface area (Å²) in [5.74, 6) is -0.683. The van der Waals surface area contributed by atoms with Crippen molar-refractivity contribution in [2.24, 2.45) is 0 Å². The molecule has 0 saturated heterocycles. The summed E-state index contributed by atoms with van der Waals surface area (Å²) in [4.78, 5) is 29.7. The minimum atomic E-state index is -3.03. The molecule has 0 spiro atoms. The summed E-state index contributed by atoms with van der Waals surface area (Å²) >= 11 is 1.06. The van der Waals surface area contributed by atoms with Gasteiger partial charge in [0.15, 0.2) is 10.9 Å². The maximum Gasteiger partial charge on any atom is 0.387 e. The number of aromatic nitrogens is 2. The summed E-state index contributed by atoms with van der Waals surface area (Å²) in [7, 11) is 0. The average Bonchev–Trinajstić information content (AvgIpc) is 2.68. The molecule has 0 radical (unpaired) electrons. The molecule has 0 aliphatic heterocycles. The van der Waals surface area contributed by atoms with Crippen LogP contribution in [0.25, 0.3) is 10.9 Å². The molecule has 0 aliphatic rings. The molecular formula is C20H16F2N2O3S. The second-order valence-corrected chi connectivity index (χ2v) is 6.64. The molecule has 0 atom stereocenters. The predicted molar refractivity (Wildman–Crippen MR) is 104 cm³/mol. The first-order valence-corrected chi connectivity index (χ1v) is 9.30. The largest absolute Gasteiger partial charge is 0.434 e. The SMILES string of the molecule is C=CCn1c(SCC(=O)c2ccccc2OC(F)F)nc2ccccc2c1=O. The van der Waals surface area contributed by atoms with Crippen LogP contribution < -0.4 is 10.3 Å². The minimum absolute atomic E-state index is 0.0497. The lowest BCUT2D eigenvalue weighted by Gasteiger charge is -2.12. The van der Waals surface area contributed by atoms with E-state index in [-0.39, 0.29) is 29.2 Å². The molecule has 1 heterocycles. The van der Waals surface area contributed by atoms with Crippen molar-refractivity contribution in [1.82, 2.24) is 9.55 Å². The van der Waals surface area contributed by atoms with Crippen molar-refractivity contribution in [3.8, 4) is 5.75 Å². The van der Waals surface area contributed by atoms with Gasteiger partial charge in [0.05, 0.1) is 22.2 Å². The Bertz CT molecular complexity index is 1080. The summed E-state index contributed by atoms with van der Waals surface area (Å²) in [6, 6.07) is 12.7. The first-order chi connectivity index (χ1) is 13.5. The quantitative estimate of drug-likeness (QED) is 0.245. The van der Waals surface area contributed by atoms with Crippen LogP contribution in [0.3, 0.4) is 0 Å². The van der Waals surface area contributed by atoms with Crippen molar-refractivity contribution in [2.75, 3.05) is 5.75 Å². The Labute approximate surface area is 163 Å². The highest BCUT2D eigenvalue weighted by Gasteiger charge is 2.17. The van der Waals surface area contributed by atoms with Gasteiger partial charge in [0, 0.05) is 6.54 Å². The summed E-state index contributed by atoms with van der Waals surface area (Å²) < 4.78 is 30.9. The van der Waals surface area contributed by atoms with Crippen molar-refractivity contribution in [1.29, 1.82) is 0 Å². The third-order valence-corrected chi connectivity index (χ3v) is 4.85. The van der Waals surface area contributed by atoms with Crippen LogP contribution in [0, 0.1) is 0 Å². The van der Waals surface area contributed by atoms with Gasteiger partial charge in [-0.2, -0.15) is 8.78 Å². The van der Waals surface area contributed by atoms with Crippen LogP contribution >= 0.6 is 11.8 Å².